The quantitative estimate of drug-likeness (QED) is 0.113. The second-order valence-corrected chi connectivity index (χ2v) is 10.1. The van der Waals surface area contributed by atoms with Gasteiger partial charge in [-0.05, 0) is 41.8 Å². The summed E-state index contributed by atoms with van der Waals surface area (Å²) in [6, 6.07) is 4.61. The van der Waals surface area contributed by atoms with Gasteiger partial charge < -0.3 is 30.6 Å². The molecule has 184 valence electrons. The van der Waals surface area contributed by atoms with E-state index in [0.29, 0.717) is 43.4 Å². The summed E-state index contributed by atoms with van der Waals surface area (Å²) in [7, 11) is 0. The first-order valence-corrected chi connectivity index (χ1v) is 11.8. The molecule has 8 aromatic carbocycles. The number of hydrogen-bond acceptors (Lipinski definition) is 8. The van der Waals surface area contributed by atoms with E-state index in [4.69, 9.17) is 0 Å². The second kappa shape index (κ2) is 7.04. The summed E-state index contributed by atoms with van der Waals surface area (Å²) in [5.74, 6) is -3.00. The molecule has 8 nitrogen and oxygen atoms in total. The Bertz CT molecular complexity index is 2510. The van der Waals surface area contributed by atoms with Crippen LogP contribution in [0.15, 0.2) is 33.9 Å². The number of aryl methyl sites for hydroxylation is 2. The van der Waals surface area contributed by atoms with Crippen LogP contribution in [0.4, 0.5) is 0 Å². The molecule has 0 atom stereocenters. The first kappa shape index (κ1) is 23.8. The van der Waals surface area contributed by atoms with Gasteiger partial charge in [0.25, 0.3) is 0 Å². The Morgan fingerprint density at radius 2 is 0.872 bits per heavy atom. The Labute approximate surface area is 238 Å². The van der Waals surface area contributed by atoms with Gasteiger partial charge in [-0.3, -0.25) is 9.59 Å². The Balaban J connectivity index is 0.00000253. The summed E-state index contributed by atoms with van der Waals surface area (Å²) >= 11 is 0. The van der Waals surface area contributed by atoms with Gasteiger partial charge in [-0.15, -0.1) is 0 Å². The SMILES string of the molecule is Cc1cc([O-])c2c(O)c3c(O)cc(=O)c4c5c(O)cc(O)c6c(O)c7c(=O)cc(C)c8c1c2c(c34)c(c65)c78.[Na+]. The maximum Gasteiger partial charge on any atom is 1.00 e. The molecule has 0 amide bonds. The van der Waals surface area contributed by atoms with Crippen molar-refractivity contribution in [3.8, 4) is 34.5 Å². The van der Waals surface area contributed by atoms with E-state index in [1.165, 1.54) is 12.1 Å². The van der Waals surface area contributed by atoms with Crippen LogP contribution in [0.3, 0.4) is 0 Å². The number of hydrogen-bond donors (Lipinski definition) is 5. The molecule has 0 spiro atoms. The molecular formula is C30H15NaO8. The molecule has 39 heavy (non-hydrogen) atoms. The molecule has 9 heteroatoms. The van der Waals surface area contributed by atoms with E-state index in [1.54, 1.807) is 13.8 Å². The number of rotatable bonds is 0. The van der Waals surface area contributed by atoms with Crippen LogP contribution >= 0.6 is 0 Å². The normalized spacial score (nSPS) is 12.5. The molecule has 0 heterocycles. The van der Waals surface area contributed by atoms with E-state index in [2.05, 4.69) is 0 Å². The third-order valence-corrected chi connectivity index (χ3v) is 8.23. The molecule has 0 bridgehead atoms. The van der Waals surface area contributed by atoms with E-state index in [0.717, 1.165) is 12.1 Å². The number of aromatic hydroxyl groups is 5. The molecule has 0 aliphatic carbocycles. The number of benzene rings is 8. The summed E-state index contributed by atoms with van der Waals surface area (Å²) in [6.07, 6.45) is 0. The summed E-state index contributed by atoms with van der Waals surface area (Å²) in [6.45, 7) is 3.45. The van der Waals surface area contributed by atoms with Crippen molar-refractivity contribution in [2.24, 2.45) is 0 Å². The van der Waals surface area contributed by atoms with Crippen LogP contribution in [0.2, 0.25) is 0 Å². The second-order valence-electron chi connectivity index (χ2n) is 10.1. The van der Waals surface area contributed by atoms with Crippen LogP contribution < -0.4 is 45.5 Å². The molecule has 0 saturated carbocycles. The summed E-state index contributed by atoms with van der Waals surface area (Å²) in [5, 5.41) is 71.2. The largest absolute Gasteiger partial charge is 1.00 e. The molecule has 0 aliphatic rings. The van der Waals surface area contributed by atoms with Gasteiger partial charge in [0.15, 0.2) is 10.9 Å². The average Bonchev–Trinajstić information content (AvgIpc) is 2.82. The van der Waals surface area contributed by atoms with Crippen LogP contribution in [0, 0.1) is 13.8 Å². The minimum absolute atomic E-state index is 0. The number of phenolic OH excluding ortho intramolecular Hbond substituents is 5. The minimum Gasteiger partial charge on any atom is -0.872 e. The van der Waals surface area contributed by atoms with E-state index in [1.807, 2.05) is 0 Å². The predicted octanol–water partition coefficient (Wildman–Crippen LogP) is 1.45. The summed E-state index contributed by atoms with van der Waals surface area (Å²) < 4.78 is 0. The molecule has 0 saturated heterocycles. The van der Waals surface area contributed by atoms with Gasteiger partial charge in [-0.25, -0.2) is 0 Å². The van der Waals surface area contributed by atoms with Crippen LogP contribution in [0.25, 0.3) is 75.4 Å². The van der Waals surface area contributed by atoms with Crippen LogP contribution in [0.1, 0.15) is 11.1 Å². The molecule has 5 N–H and O–H groups in total. The van der Waals surface area contributed by atoms with Crippen LogP contribution in [0.5, 0.6) is 34.5 Å². The third-order valence-electron chi connectivity index (χ3n) is 8.23. The van der Waals surface area contributed by atoms with Crippen molar-refractivity contribution >= 4 is 75.4 Å². The van der Waals surface area contributed by atoms with E-state index in [-0.39, 0.29) is 72.6 Å². The van der Waals surface area contributed by atoms with Crippen molar-refractivity contribution < 1.29 is 60.2 Å². The zero-order valence-electron chi connectivity index (χ0n) is 20.8. The van der Waals surface area contributed by atoms with Gasteiger partial charge >= 0.3 is 29.6 Å². The van der Waals surface area contributed by atoms with Crippen LogP contribution in [-0.2, 0) is 0 Å². The van der Waals surface area contributed by atoms with Crippen molar-refractivity contribution in [1.82, 2.24) is 0 Å². The molecule has 0 fully saturated rings. The minimum atomic E-state index is -0.673. The maximum absolute atomic E-state index is 13.4. The summed E-state index contributed by atoms with van der Waals surface area (Å²) in [5.41, 5.74) is -0.0547. The fourth-order valence-corrected chi connectivity index (χ4v) is 6.97. The number of fused-ring (bicyclic) bond motifs is 2. The molecule has 0 aromatic heterocycles. The zero-order chi connectivity index (χ0) is 26.7. The first-order valence-electron chi connectivity index (χ1n) is 11.8. The number of phenols is 5. The third kappa shape index (κ3) is 2.37. The Morgan fingerprint density at radius 3 is 1.51 bits per heavy atom. The van der Waals surface area contributed by atoms with Gasteiger partial charge in [0.05, 0.1) is 16.2 Å². The molecule has 8 rings (SSSR count). The smallest absolute Gasteiger partial charge is 0.872 e. The van der Waals surface area contributed by atoms with Crippen molar-refractivity contribution in [2.45, 2.75) is 13.8 Å². The fraction of sp³-hybridized carbons (Fsp3) is 0.0667. The Hall–Kier alpha value is -4.24. The van der Waals surface area contributed by atoms with Crippen molar-refractivity contribution in [1.29, 1.82) is 0 Å². The van der Waals surface area contributed by atoms with Gasteiger partial charge in [0.1, 0.15) is 28.7 Å². The van der Waals surface area contributed by atoms with Crippen molar-refractivity contribution in [2.75, 3.05) is 0 Å². The fourth-order valence-electron chi connectivity index (χ4n) is 6.97. The van der Waals surface area contributed by atoms with Gasteiger partial charge in [-0.1, -0.05) is 11.8 Å². The standard InChI is InChI=1S/C30H16O8.Na/c1-7-3-9(31)19-23-15(7)16-8(2)4-10(32)20-24(16)28-26-18(12(34)6-14(36)22(26)30(20)38)17-11(33)5-13(35)21(29(19)37)25(17)27(23)28;/h3-6,31,34-38H,1-2H3;/q;+1/p-1. The van der Waals surface area contributed by atoms with Crippen molar-refractivity contribution in [3.05, 3.63) is 55.8 Å². The Kier molecular flexibility index (Phi) is 4.30. The van der Waals surface area contributed by atoms with E-state index >= 15 is 0 Å². The van der Waals surface area contributed by atoms with Gasteiger partial charge in [0, 0.05) is 60.6 Å². The van der Waals surface area contributed by atoms with Gasteiger partial charge in [-0.2, -0.15) is 0 Å². The maximum atomic E-state index is 13.4. The Morgan fingerprint density at radius 1 is 0.462 bits per heavy atom. The van der Waals surface area contributed by atoms with Crippen molar-refractivity contribution in [3.63, 3.8) is 0 Å². The molecule has 0 radical (unpaired) electrons. The molecule has 8 aromatic rings. The van der Waals surface area contributed by atoms with Crippen LogP contribution in [-0.4, -0.2) is 25.5 Å². The zero-order valence-corrected chi connectivity index (χ0v) is 22.8. The monoisotopic (exact) mass is 526 g/mol. The topological polar surface area (TPSA) is 158 Å². The van der Waals surface area contributed by atoms with Gasteiger partial charge in [0.2, 0.25) is 0 Å². The average molecular weight is 526 g/mol. The molecule has 0 aliphatic heterocycles. The predicted molar refractivity (Wildman–Crippen MR) is 144 cm³/mol. The van der Waals surface area contributed by atoms with E-state index < -0.39 is 45.4 Å². The molecular weight excluding hydrogens is 511 g/mol. The first-order chi connectivity index (χ1) is 18.0. The molecule has 0 unspecified atom stereocenters. The summed E-state index contributed by atoms with van der Waals surface area (Å²) in [4.78, 5) is 26.8. The van der Waals surface area contributed by atoms with E-state index in [9.17, 15) is 40.2 Å².